The maximum atomic E-state index is 3.27. The first kappa shape index (κ1) is 15.9. The summed E-state index contributed by atoms with van der Waals surface area (Å²) in [5.74, 6) is 0.921. The Morgan fingerprint density at radius 3 is 2.45 bits per heavy atom. The molecule has 0 aliphatic carbocycles. The van der Waals surface area contributed by atoms with E-state index < -0.39 is 0 Å². The Morgan fingerprint density at radius 2 is 1.90 bits per heavy atom. The van der Waals surface area contributed by atoms with Crippen molar-refractivity contribution in [2.75, 3.05) is 32.9 Å². The molecule has 1 fully saturated rings. The first-order valence-corrected chi connectivity index (χ1v) is 8.99. The zero-order chi connectivity index (χ0) is 14.4. The van der Waals surface area contributed by atoms with E-state index in [2.05, 4.69) is 54.7 Å². The van der Waals surface area contributed by atoms with Crippen LogP contribution in [-0.2, 0) is 0 Å². The highest BCUT2D eigenvalue weighted by Gasteiger charge is 2.23. The molecule has 0 aromatic heterocycles. The molecule has 1 aromatic rings. The van der Waals surface area contributed by atoms with Crippen molar-refractivity contribution in [1.82, 2.24) is 10.2 Å². The minimum atomic E-state index is 0.552. The standard InChI is InChI=1S/C17H28N2S/c1-14(16-4-6-17(20-3)7-5-16)19-12-9-15(10-13-19)8-11-18-2/h4-7,14-15,18H,8-13H2,1-3H3. The van der Waals surface area contributed by atoms with Gasteiger partial charge in [-0.15, -0.1) is 11.8 Å². The third kappa shape index (κ3) is 4.24. The summed E-state index contributed by atoms with van der Waals surface area (Å²) in [6, 6.07) is 9.63. The summed E-state index contributed by atoms with van der Waals surface area (Å²) in [6.07, 6.45) is 6.18. The molecular formula is C17H28N2S. The number of likely N-dealkylation sites (tertiary alicyclic amines) is 1. The van der Waals surface area contributed by atoms with Gasteiger partial charge in [0.25, 0.3) is 0 Å². The lowest BCUT2D eigenvalue weighted by Crippen LogP contribution is -2.36. The Bertz CT molecular complexity index is 382. The minimum absolute atomic E-state index is 0.552. The number of hydrogen-bond acceptors (Lipinski definition) is 3. The minimum Gasteiger partial charge on any atom is -0.320 e. The van der Waals surface area contributed by atoms with Gasteiger partial charge in [0.1, 0.15) is 0 Å². The van der Waals surface area contributed by atoms with Crippen LogP contribution in [0.15, 0.2) is 29.2 Å². The summed E-state index contributed by atoms with van der Waals surface area (Å²) in [5.41, 5.74) is 1.46. The zero-order valence-corrected chi connectivity index (χ0v) is 13.9. The van der Waals surface area contributed by atoms with Crippen LogP contribution in [0, 0.1) is 5.92 Å². The molecule has 0 bridgehead atoms. The molecule has 2 nitrogen and oxygen atoms in total. The average molecular weight is 292 g/mol. The van der Waals surface area contributed by atoms with E-state index in [9.17, 15) is 0 Å². The fourth-order valence-electron chi connectivity index (χ4n) is 3.07. The molecule has 1 aliphatic heterocycles. The highest BCUT2D eigenvalue weighted by atomic mass is 32.2. The molecule has 1 N–H and O–H groups in total. The molecule has 1 heterocycles. The van der Waals surface area contributed by atoms with Crippen LogP contribution in [0.1, 0.15) is 37.8 Å². The van der Waals surface area contributed by atoms with Gasteiger partial charge < -0.3 is 5.32 Å². The molecule has 1 atom stereocenters. The van der Waals surface area contributed by atoms with Crippen LogP contribution in [0.2, 0.25) is 0 Å². The van der Waals surface area contributed by atoms with Gasteiger partial charge in [-0.3, -0.25) is 4.90 Å². The van der Waals surface area contributed by atoms with E-state index in [1.165, 1.54) is 42.8 Å². The van der Waals surface area contributed by atoms with Gasteiger partial charge in [0.15, 0.2) is 0 Å². The summed E-state index contributed by atoms with van der Waals surface area (Å²) < 4.78 is 0. The number of nitrogens with one attached hydrogen (secondary N) is 1. The Kier molecular flexibility index (Phi) is 6.40. The Morgan fingerprint density at radius 1 is 1.25 bits per heavy atom. The van der Waals surface area contributed by atoms with Gasteiger partial charge in [-0.2, -0.15) is 0 Å². The molecule has 0 amide bonds. The first-order chi connectivity index (χ1) is 9.74. The Hall–Kier alpha value is -0.510. The molecule has 0 radical (unpaired) electrons. The van der Waals surface area contributed by atoms with Crippen molar-refractivity contribution in [3.63, 3.8) is 0 Å². The van der Waals surface area contributed by atoms with E-state index in [0.29, 0.717) is 6.04 Å². The molecule has 1 unspecified atom stereocenters. The Labute approximate surface area is 128 Å². The van der Waals surface area contributed by atoms with Crippen LogP contribution < -0.4 is 5.32 Å². The highest BCUT2D eigenvalue weighted by Crippen LogP contribution is 2.28. The highest BCUT2D eigenvalue weighted by molar-refractivity contribution is 7.98. The predicted molar refractivity (Wildman–Crippen MR) is 89.5 cm³/mol. The molecule has 1 saturated heterocycles. The van der Waals surface area contributed by atoms with E-state index in [1.54, 1.807) is 0 Å². The summed E-state index contributed by atoms with van der Waals surface area (Å²) in [7, 11) is 2.05. The zero-order valence-electron chi connectivity index (χ0n) is 13.1. The lowest BCUT2D eigenvalue weighted by Gasteiger charge is -2.36. The number of rotatable bonds is 6. The SMILES string of the molecule is CNCCC1CCN(C(C)c2ccc(SC)cc2)CC1. The lowest BCUT2D eigenvalue weighted by molar-refractivity contribution is 0.137. The maximum absolute atomic E-state index is 3.27. The van der Waals surface area contributed by atoms with E-state index in [0.717, 1.165) is 12.5 Å². The van der Waals surface area contributed by atoms with Gasteiger partial charge in [-0.1, -0.05) is 12.1 Å². The van der Waals surface area contributed by atoms with Gasteiger partial charge in [-0.05, 0) is 82.7 Å². The maximum Gasteiger partial charge on any atom is 0.0319 e. The largest absolute Gasteiger partial charge is 0.320 e. The fraction of sp³-hybridized carbons (Fsp3) is 0.647. The van der Waals surface area contributed by atoms with Crippen molar-refractivity contribution in [2.24, 2.45) is 5.92 Å². The molecule has 112 valence electrons. The third-order valence-electron chi connectivity index (χ3n) is 4.60. The van der Waals surface area contributed by atoms with Crippen molar-refractivity contribution in [2.45, 2.75) is 37.1 Å². The normalized spacial score (nSPS) is 19.1. The van der Waals surface area contributed by atoms with E-state index in [4.69, 9.17) is 0 Å². The second kappa shape index (κ2) is 8.06. The molecule has 0 spiro atoms. The fourth-order valence-corrected chi connectivity index (χ4v) is 3.48. The summed E-state index contributed by atoms with van der Waals surface area (Å²) in [4.78, 5) is 4.00. The van der Waals surface area contributed by atoms with Gasteiger partial charge in [0.05, 0.1) is 0 Å². The average Bonchev–Trinajstić information content (AvgIpc) is 2.53. The third-order valence-corrected chi connectivity index (χ3v) is 5.34. The van der Waals surface area contributed by atoms with E-state index >= 15 is 0 Å². The second-order valence-electron chi connectivity index (χ2n) is 5.82. The van der Waals surface area contributed by atoms with E-state index in [-0.39, 0.29) is 0 Å². The molecule has 1 aromatic carbocycles. The van der Waals surface area contributed by atoms with Crippen molar-refractivity contribution >= 4 is 11.8 Å². The van der Waals surface area contributed by atoms with Gasteiger partial charge in [0, 0.05) is 10.9 Å². The van der Waals surface area contributed by atoms with Crippen LogP contribution >= 0.6 is 11.8 Å². The van der Waals surface area contributed by atoms with Crippen LogP contribution in [0.3, 0.4) is 0 Å². The smallest absolute Gasteiger partial charge is 0.0319 e. The molecule has 2 rings (SSSR count). The summed E-state index contributed by atoms with van der Waals surface area (Å²) in [5, 5.41) is 3.27. The van der Waals surface area contributed by atoms with Gasteiger partial charge in [0.2, 0.25) is 0 Å². The number of thioether (sulfide) groups is 1. The lowest BCUT2D eigenvalue weighted by atomic mass is 9.92. The number of benzene rings is 1. The van der Waals surface area contributed by atoms with E-state index in [1.807, 2.05) is 11.8 Å². The Balaban J connectivity index is 1.85. The number of nitrogens with zero attached hydrogens (tertiary/aromatic N) is 1. The molecule has 1 aliphatic rings. The van der Waals surface area contributed by atoms with Crippen molar-refractivity contribution in [1.29, 1.82) is 0 Å². The van der Waals surface area contributed by atoms with Gasteiger partial charge in [-0.25, -0.2) is 0 Å². The predicted octanol–water partition coefficient (Wildman–Crippen LogP) is 3.79. The van der Waals surface area contributed by atoms with Crippen LogP contribution in [0.4, 0.5) is 0 Å². The number of piperidine rings is 1. The van der Waals surface area contributed by atoms with Crippen molar-refractivity contribution in [3.05, 3.63) is 29.8 Å². The van der Waals surface area contributed by atoms with Crippen LogP contribution in [-0.4, -0.2) is 37.8 Å². The first-order valence-electron chi connectivity index (χ1n) is 7.77. The molecule has 0 saturated carbocycles. The second-order valence-corrected chi connectivity index (χ2v) is 6.70. The van der Waals surface area contributed by atoms with Crippen molar-refractivity contribution < 1.29 is 0 Å². The quantitative estimate of drug-likeness (QED) is 0.803. The van der Waals surface area contributed by atoms with Crippen LogP contribution in [0.25, 0.3) is 0 Å². The topological polar surface area (TPSA) is 15.3 Å². The molecule has 20 heavy (non-hydrogen) atoms. The van der Waals surface area contributed by atoms with Crippen LogP contribution in [0.5, 0.6) is 0 Å². The summed E-state index contributed by atoms with van der Waals surface area (Å²) >= 11 is 1.81. The summed E-state index contributed by atoms with van der Waals surface area (Å²) in [6.45, 7) is 6.01. The molecular weight excluding hydrogens is 264 g/mol. The van der Waals surface area contributed by atoms with Gasteiger partial charge >= 0.3 is 0 Å². The molecule has 3 heteroatoms. The van der Waals surface area contributed by atoms with Crippen molar-refractivity contribution in [3.8, 4) is 0 Å². The number of hydrogen-bond donors (Lipinski definition) is 1. The monoisotopic (exact) mass is 292 g/mol.